The van der Waals surface area contributed by atoms with E-state index in [0.29, 0.717) is 12.5 Å². The van der Waals surface area contributed by atoms with Crippen molar-refractivity contribution < 1.29 is 4.79 Å². The minimum absolute atomic E-state index is 0.271. The summed E-state index contributed by atoms with van der Waals surface area (Å²) >= 11 is 0. The Morgan fingerprint density at radius 3 is 2.17 bits per heavy atom. The molecule has 0 saturated carbocycles. The lowest BCUT2D eigenvalue weighted by atomic mass is 10.1. The SMILES string of the molecule is CC.CCCC(CC(C)=O)NC. The third-order valence-corrected chi connectivity index (χ3v) is 1.58. The van der Waals surface area contributed by atoms with Crippen molar-refractivity contribution in [3.8, 4) is 0 Å². The Morgan fingerprint density at radius 2 is 1.92 bits per heavy atom. The molecule has 0 aliphatic rings. The first-order valence-corrected chi connectivity index (χ1v) is 4.87. The van der Waals surface area contributed by atoms with Crippen molar-refractivity contribution in [2.75, 3.05) is 7.05 Å². The molecule has 0 radical (unpaired) electrons. The number of ketones is 1. The van der Waals surface area contributed by atoms with Crippen LogP contribution in [0.15, 0.2) is 0 Å². The van der Waals surface area contributed by atoms with Gasteiger partial charge in [0.1, 0.15) is 5.78 Å². The van der Waals surface area contributed by atoms with Gasteiger partial charge in [0.15, 0.2) is 0 Å². The van der Waals surface area contributed by atoms with E-state index < -0.39 is 0 Å². The predicted molar refractivity (Wildman–Crippen MR) is 54.4 cm³/mol. The van der Waals surface area contributed by atoms with Crippen molar-refractivity contribution in [3.63, 3.8) is 0 Å². The third-order valence-electron chi connectivity index (χ3n) is 1.58. The van der Waals surface area contributed by atoms with Crippen LogP contribution in [0, 0.1) is 0 Å². The highest BCUT2D eigenvalue weighted by Gasteiger charge is 2.05. The molecule has 0 saturated heterocycles. The maximum atomic E-state index is 10.6. The molecular weight excluding hydrogens is 150 g/mol. The van der Waals surface area contributed by atoms with Crippen LogP contribution in [0.4, 0.5) is 0 Å². The Balaban J connectivity index is 0. The van der Waals surface area contributed by atoms with Crippen LogP contribution in [0.25, 0.3) is 0 Å². The van der Waals surface area contributed by atoms with E-state index in [9.17, 15) is 4.79 Å². The minimum Gasteiger partial charge on any atom is -0.317 e. The number of hydrogen-bond donors (Lipinski definition) is 1. The molecule has 2 nitrogen and oxygen atoms in total. The van der Waals surface area contributed by atoms with Crippen LogP contribution in [0.2, 0.25) is 0 Å². The van der Waals surface area contributed by atoms with Crippen LogP contribution in [0.3, 0.4) is 0 Å². The van der Waals surface area contributed by atoms with Gasteiger partial charge in [-0.2, -0.15) is 0 Å². The van der Waals surface area contributed by atoms with Crippen molar-refractivity contribution >= 4 is 5.78 Å². The molecule has 1 N–H and O–H groups in total. The Hall–Kier alpha value is -0.370. The molecule has 0 fully saturated rings. The normalized spacial score (nSPS) is 11.4. The second-order valence-electron chi connectivity index (χ2n) is 2.68. The maximum absolute atomic E-state index is 10.6. The highest BCUT2D eigenvalue weighted by Crippen LogP contribution is 2.00. The van der Waals surface area contributed by atoms with Crippen molar-refractivity contribution in [2.24, 2.45) is 0 Å². The van der Waals surface area contributed by atoms with Gasteiger partial charge < -0.3 is 5.32 Å². The first-order valence-electron chi connectivity index (χ1n) is 4.87. The van der Waals surface area contributed by atoms with Crippen molar-refractivity contribution in [3.05, 3.63) is 0 Å². The number of carbonyl (C=O) groups is 1. The summed E-state index contributed by atoms with van der Waals surface area (Å²) in [6, 6.07) is 0.391. The molecular formula is C10H23NO. The largest absolute Gasteiger partial charge is 0.317 e. The Morgan fingerprint density at radius 1 is 1.42 bits per heavy atom. The molecule has 74 valence electrons. The van der Waals surface area contributed by atoms with E-state index in [2.05, 4.69) is 12.2 Å². The topological polar surface area (TPSA) is 29.1 Å². The number of rotatable bonds is 5. The van der Waals surface area contributed by atoms with Gasteiger partial charge in [-0.1, -0.05) is 27.2 Å². The Kier molecular flexibility index (Phi) is 12.6. The van der Waals surface area contributed by atoms with Gasteiger partial charge in [-0.05, 0) is 20.4 Å². The molecule has 2 heteroatoms. The number of carbonyl (C=O) groups excluding carboxylic acids is 1. The van der Waals surface area contributed by atoms with Gasteiger partial charge in [0.25, 0.3) is 0 Å². The number of Topliss-reactive ketones (excluding diaryl/α,β-unsaturated/α-hetero) is 1. The zero-order chi connectivity index (χ0) is 9.98. The second-order valence-corrected chi connectivity index (χ2v) is 2.68. The zero-order valence-electron chi connectivity index (χ0n) is 9.11. The molecule has 0 aliphatic carbocycles. The average molecular weight is 173 g/mol. The number of nitrogens with one attached hydrogen (secondary N) is 1. The van der Waals surface area contributed by atoms with Gasteiger partial charge >= 0.3 is 0 Å². The second kappa shape index (κ2) is 10.6. The fraction of sp³-hybridized carbons (Fsp3) is 0.900. The molecule has 0 aliphatic heterocycles. The van der Waals surface area contributed by atoms with Gasteiger partial charge in [0, 0.05) is 12.5 Å². The third kappa shape index (κ3) is 9.63. The molecule has 0 aromatic carbocycles. The smallest absolute Gasteiger partial charge is 0.131 e. The van der Waals surface area contributed by atoms with Crippen LogP contribution in [-0.4, -0.2) is 18.9 Å². The van der Waals surface area contributed by atoms with Crippen LogP contribution in [0.5, 0.6) is 0 Å². The van der Waals surface area contributed by atoms with Gasteiger partial charge in [-0.25, -0.2) is 0 Å². The maximum Gasteiger partial charge on any atom is 0.131 e. The fourth-order valence-electron chi connectivity index (χ4n) is 1.04. The Labute approximate surface area is 76.7 Å². The van der Waals surface area contributed by atoms with Crippen LogP contribution in [-0.2, 0) is 4.79 Å². The van der Waals surface area contributed by atoms with E-state index in [1.165, 1.54) is 0 Å². The van der Waals surface area contributed by atoms with Gasteiger partial charge in [-0.15, -0.1) is 0 Å². The van der Waals surface area contributed by atoms with E-state index in [4.69, 9.17) is 0 Å². The van der Waals surface area contributed by atoms with E-state index in [-0.39, 0.29) is 5.78 Å². The zero-order valence-corrected chi connectivity index (χ0v) is 9.11. The fourth-order valence-corrected chi connectivity index (χ4v) is 1.04. The average Bonchev–Trinajstić information content (AvgIpc) is 2.07. The van der Waals surface area contributed by atoms with E-state index >= 15 is 0 Å². The standard InChI is InChI=1S/C8H17NO.C2H6/c1-4-5-8(9-3)6-7(2)10;1-2/h8-9H,4-6H2,1-3H3;1-2H3. The quantitative estimate of drug-likeness (QED) is 0.691. The molecule has 1 atom stereocenters. The molecule has 1 unspecified atom stereocenters. The molecule has 0 amide bonds. The summed E-state index contributed by atoms with van der Waals surface area (Å²) in [4.78, 5) is 10.6. The predicted octanol–water partition coefficient (Wildman–Crippen LogP) is 2.38. The van der Waals surface area contributed by atoms with Crippen LogP contribution >= 0.6 is 0 Å². The highest BCUT2D eigenvalue weighted by atomic mass is 16.1. The summed E-state index contributed by atoms with van der Waals surface area (Å²) in [6.07, 6.45) is 2.90. The van der Waals surface area contributed by atoms with Gasteiger partial charge in [-0.3, -0.25) is 4.79 Å². The number of hydrogen-bond acceptors (Lipinski definition) is 2. The van der Waals surface area contributed by atoms with E-state index in [1.54, 1.807) is 6.92 Å². The summed E-state index contributed by atoms with van der Waals surface area (Å²) in [6.45, 7) is 7.77. The summed E-state index contributed by atoms with van der Waals surface area (Å²) < 4.78 is 0. The molecule has 12 heavy (non-hydrogen) atoms. The van der Waals surface area contributed by atoms with E-state index in [0.717, 1.165) is 12.8 Å². The molecule has 0 bridgehead atoms. The Bertz CT molecular complexity index is 102. The lowest BCUT2D eigenvalue weighted by Gasteiger charge is -2.11. The molecule has 0 spiro atoms. The van der Waals surface area contributed by atoms with Crippen LogP contribution in [0.1, 0.15) is 47.0 Å². The van der Waals surface area contributed by atoms with Gasteiger partial charge in [0.05, 0.1) is 0 Å². The molecule has 0 aromatic heterocycles. The lowest BCUT2D eigenvalue weighted by molar-refractivity contribution is -0.117. The van der Waals surface area contributed by atoms with Gasteiger partial charge in [0.2, 0.25) is 0 Å². The summed E-state index contributed by atoms with van der Waals surface area (Å²) in [5.41, 5.74) is 0. The van der Waals surface area contributed by atoms with E-state index in [1.807, 2.05) is 20.9 Å². The summed E-state index contributed by atoms with van der Waals surface area (Å²) in [5.74, 6) is 0.271. The summed E-state index contributed by atoms with van der Waals surface area (Å²) in [5, 5.41) is 3.11. The molecule has 0 rings (SSSR count). The first kappa shape index (κ1) is 14.2. The monoisotopic (exact) mass is 173 g/mol. The lowest BCUT2D eigenvalue weighted by Crippen LogP contribution is -2.26. The van der Waals surface area contributed by atoms with Crippen LogP contribution < -0.4 is 5.32 Å². The van der Waals surface area contributed by atoms with Crippen molar-refractivity contribution in [2.45, 2.75) is 53.0 Å². The molecule has 0 heterocycles. The summed E-state index contributed by atoms with van der Waals surface area (Å²) in [7, 11) is 1.91. The minimum atomic E-state index is 0.271. The van der Waals surface area contributed by atoms with Crippen molar-refractivity contribution in [1.82, 2.24) is 5.32 Å². The first-order chi connectivity index (χ1) is 5.70. The molecule has 0 aromatic rings. The highest BCUT2D eigenvalue weighted by molar-refractivity contribution is 5.76. The van der Waals surface area contributed by atoms with Crippen molar-refractivity contribution in [1.29, 1.82) is 0 Å².